The lowest BCUT2D eigenvalue weighted by Gasteiger charge is -2.21. The summed E-state index contributed by atoms with van der Waals surface area (Å²) < 4.78 is 52.8. The SMILES string of the molecule is CC1(c2ccc(F)cn2)C(=O)Nc2nc(-c3cn4ccnc4c(CCCC(F)(F)F)n3)nc(O)c21. The van der Waals surface area contributed by atoms with Gasteiger partial charge in [0, 0.05) is 25.0 Å². The van der Waals surface area contributed by atoms with Gasteiger partial charge in [-0.15, -0.1) is 0 Å². The van der Waals surface area contributed by atoms with Crippen molar-refractivity contribution in [1.82, 2.24) is 29.3 Å². The molecule has 35 heavy (non-hydrogen) atoms. The van der Waals surface area contributed by atoms with Crippen LogP contribution in [0.4, 0.5) is 23.4 Å². The molecule has 0 fully saturated rings. The zero-order chi connectivity index (χ0) is 25.0. The average molecular weight is 487 g/mol. The van der Waals surface area contributed by atoms with E-state index < -0.39 is 35.6 Å². The van der Waals surface area contributed by atoms with Crippen molar-refractivity contribution in [3.05, 3.63) is 59.7 Å². The summed E-state index contributed by atoms with van der Waals surface area (Å²) in [5, 5.41) is 13.4. The minimum absolute atomic E-state index is 0.00975. The molecule has 5 rings (SSSR count). The number of aromatic nitrogens is 6. The van der Waals surface area contributed by atoms with Crippen LogP contribution >= 0.6 is 0 Å². The van der Waals surface area contributed by atoms with E-state index >= 15 is 0 Å². The molecule has 0 bridgehead atoms. The van der Waals surface area contributed by atoms with Gasteiger partial charge in [0.25, 0.3) is 0 Å². The molecule has 0 saturated carbocycles. The van der Waals surface area contributed by atoms with Crippen molar-refractivity contribution in [1.29, 1.82) is 0 Å². The summed E-state index contributed by atoms with van der Waals surface area (Å²) >= 11 is 0. The Hall–Kier alpha value is -4.16. The van der Waals surface area contributed by atoms with Crippen molar-refractivity contribution in [2.24, 2.45) is 0 Å². The van der Waals surface area contributed by atoms with Crippen molar-refractivity contribution in [3.63, 3.8) is 0 Å². The number of rotatable bonds is 5. The average Bonchev–Trinajstić information content (AvgIpc) is 3.36. The van der Waals surface area contributed by atoms with Crippen molar-refractivity contribution < 1.29 is 27.5 Å². The third kappa shape index (κ3) is 3.92. The van der Waals surface area contributed by atoms with E-state index in [1.54, 1.807) is 10.6 Å². The van der Waals surface area contributed by atoms with Gasteiger partial charge in [0.1, 0.15) is 22.7 Å². The number of carbonyl (C=O) groups is 1. The van der Waals surface area contributed by atoms with Crippen LogP contribution in [0.2, 0.25) is 0 Å². The summed E-state index contributed by atoms with van der Waals surface area (Å²) in [5.74, 6) is -1.66. The molecule has 0 radical (unpaired) electrons. The maximum atomic E-state index is 13.4. The second-order valence-corrected chi connectivity index (χ2v) is 8.23. The van der Waals surface area contributed by atoms with Crippen LogP contribution in [-0.4, -0.2) is 46.5 Å². The van der Waals surface area contributed by atoms with Crippen LogP contribution in [0.5, 0.6) is 5.88 Å². The molecule has 4 aromatic heterocycles. The molecule has 1 aliphatic heterocycles. The highest BCUT2D eigenvalue weighted by molar-refractivity contribution is 6.08. The van der Waals surface area contributed by atoms with Gasteiger partial charge in [-0.05, 0) is 31.9 Å². The molecule has 1 atom stereocenters. The second kappa shape index (κ2) is 7.96. The Morgan fingerprint density at radius 1 is 1.17 bits per heavy atom. The number of aryl methyl sites for hydroxylation is 1. The molecule has 1 unspecified atom stereocenters. The van der Waals surface area contributed by atoms with Crippen LogP contribution < -0.4 is 5.32 Å². The Labute approximate surface area is 194 Å². The fourth-order valence-electron chi connectivity index (χ4n) is 4.10. The third-order valence-electron chi connectivity index (χ3n) is 5.86. The third-order valence-corrected chi connectivity index (χ3v) is 5.86. The topological polar surface area (TPSA) is 118 Å². The van der Waals surface area contributed by atoms with E-state index in [4.69, 9.17) is 0 Å². The largest absolute Gasteiger partial charge is 0.493 e. The van der Waals surface area contributed by atoms with Crippen molar-refractivity contribution in [2.45, 2.75) is 37.8 Å². The molecule has 0 spiro atoms. The first-order chi connectivity index (χ1) is 16.6. The summed E-state index contributed by atoms with van der Waals surface area (Å²) in [7, 11) is 0. The highest BCUT2D eigenvalue weighted by atomic mass is 19.4. The van der Waals surface area contributed by atoms with Crippen molar-refractivity contribution >= 4 is 17.4 Å². The molecule has 13 heteroatoms. The van der Waals surface area contributed by atoms with E-state index in [1.807, 2.05) is 0 Å². The Kier molecular flexibility index (Phi) is 5.15. The van der Waals surface area contributed by atoms with Gasteiger partial charge in [-0.1, -0.05) is 0 Å². The molecule has 1 amide bonds. The van der Waals surface area contributed by atoms with Gasteiger partial charge in [0.2, 0.25) is 11.8 Å². The minimum atomic E-state index is -4.29. The molecule has 0 saturated heterocycles. The van der Waals surface area contributed by atoms with Crippen molar-refractivity contribution in [2.75, 3.05) is 5.32 Å². The number of carbonyl (C=O) groups excluding carboxylic acids is 1. The molecular weight excluding hydrogens is 470 g/mol. The normalized spacial score (nSPS) is 17.6. The first-order valence-electron chi connectivity index (χ1n) is 10.5. The quantitative estimate of drug-likeness (QED) is 0.413. The Bertz CT molecular complexity index is 1450. The Balaban J connectivity index is 1.56. The molecular formula is C22H17F4N7O2. The van der Waals surface area contributed by atoms with E-state index in [0.717, 1.165) is 12.3 Å². The number of aromatic hydroxyl groups is 1. The number of fused-ring (bicyclic) bond motifs is 2. The lowest BCUT2D eigenvalue weighted by molar-refractivity contribution is -0.135. The molecule has 180 valence electrons. The van der Waals surface area contributed by atoms with Crippen molar-refractivity contribution in [3.8, 4) is 17.4 Å². The lowest BCUT2D eigenvalue weighted by atomic mass is 9.81. The highest BCUT2D eigenvalue weighted by Crippen LogP contribution is 2.45. The summed E-state index contributed by atoms with van der Waals surface area (Å²) in [6.45, 7) is 1.51. The molecule has 2 N–H and O–H groups in total. The fourth-order valence-corrected chi connectivity index (χ4v) is 4.10. The predicted octanol–water partition coefficient (Wildman–Crippen LogP) is 3.57. The molecule has 9 nitrogen and oxygen atoms in total. The standard InChI is InChI=1S/C22H17F4N7O2/c1-21(14-5-4-11(23)9-28-14)15-17(32-20(21)35)30-16(31-19(15)34)13-10-33-8-7-27-18(33)12(29-13)3-2-6-22(24,25)26/h4-5,7-10H,2-3,6H2,1H3,(H2,30,31,32,34,35). The number of imidazole rings is 1. The van der Waals surface area contributed by atoms with Gasteiger partial charge < -0.3 is 14.8 Å². The van der Waals surface area contributed by atoms with Crippen LogP contribution in [0.1, 0.15) is 36.7 Å². The number of nitrogens with one attached hydrogen (secondary N) is 1. The maximum Gasteiger partial charge on any atom is 0.389 e. The Morgan fingerprint density at radius 3 is 2.69 bits per heavy atom. The van der Waals surface area contributed by atoms with E-state index in [1.165, 1.54) is 25.4 Å². The summed E-state index contributed by atoms with van der Waals surface area (Å²) in [6.07, 6.45) is 0.132. The van der Waals surface area contributed by atoms with Crippen LogP contribution in [0.15, 0.2) is 36.9 Å². The zero-order valence-corrected chi connectivity index (χ0v) is 18.1. The van der Waals surface area contributed by atoms with Gasteiger partial charge in [-0.2, -0.15) is 18.2 Å². The molecule has 5 heterocycles. The van der Waals surface area contributed by atoms with E-state index in [2.05, 4.69) is 30.2 Å². The monoisotopic (exact) mass is 487 g/mol. The van der Waals surface area contributed by atoms with Gasteiger partial charge in [0.05, 0.1) is 23.1 Å². The van der Waals surface area contributed by atoms with Crippen LogP contribution in [-0.2, 0) is 16.6 Å². The van der Waals surface area contributed by atoms with Gasteiger partial charge in [-0.3, -0.25) is 9.78 Å². The molecule has 0 aromatic carbocycles. The first-order valence-corrected chi connectivity index (χ1v) is 10.5. The van der Waals surface area contributed by atoms with Crippen LogP contribution in [0.25, 0.3) is 17.2 Å². The fraction of sp³-hybridized carbons (Fsp3) is 0.273. The van der Waals surface area contributed by atoms with E-state index in [9.17, 15) is 27.5 Å². The van der Waals surface area contributed by atoms with E-state index in [0.29, 0.717) is 11.3 Å². The lowest BCUT2D eigenvalue weighted by Crippen LogP contribution is -2.33. The maximum absolute atomic E-state index is 13.4. The number of hydrogen-bond donors (Lipinski definition) is 2. The molecule has 4 aromatic rings. The summed E-state index contributed by atoms with van der Waals surface area (Å²) in [5.41, 5.74) is -0.352. The van der Waals surface area contributed by atoms with Gasteiger partial charge in [0.15, 0.2) is 11.5 Å². The predicted molar refractivity (Wildman–Crippen MR) is 114 cm³/mol. The molecule has 1 aliphatic rings. The van der Waals surface area contributed by atoms with Crippen LogP contribution in [0.3, 0.4) is 0 Å². The number of anilines is 1. The molecule has 0 aliphatic carbocycles. The minimum Gasteiger partial charge on any atom is -0.493 e. The number of pyridine rings is 1. The number of nitrogens with zero attached hydrogens (tertiary/aromatic N) is 6. The number of hydrogen-bond acceptors (Lipinski definition) is 7. The Morgan fingerprint density at radius 2 is 1.97 bits per heavy atom. The van der Waals surface area contributed by atoms with E-state index in [-0.39, 0.29) is 41.4 Å². The smallest absolute Gasteiger partial charge is 0.389 e. The number of amides is 1. The van der Waals surface area contributed by atoms with Gasteiger partial charge >= 0.3 is 6.18 Å². The van der Waals surface area contributed by atoms with Gasteiger partial charge in [-0.25, -0.2) is 19.3 Å². The summed E-state index contributed by atoms with van der Waals surface area (Å²) in [4.78, 5) is 33.9. The highest BCUT2D eigenvalue weighted by Gasteiger charge is 2.49. The first kappa shape index (κ1) is 22.6. The van der Waals surface area contributed by atoms with Crippen LogP contribution in [0, 0.1) is 5.82 Å². The summed E-state index contributed by atoms with van der Waals surface area (Å²) in [6, 6.07) is 2.48. The number of alkyl halides is 3. The second-order valence-electron chi connectivity index (χ2n) is 8.23. The zero-order valence-electron chi connectivity index (χ0n) is 18.1. The number of halogens is 4.